The van der Waals surface area contributed by atoms with Crippen LogP contribution in [0.1, 0.15) is 31.3 Å². The number of anilines is 2. The van der Waals surface area contributed by atoms with E-state index < -0.39 is 0 Å². The summed E-state index contributed by atoms with van der Waals surface area (Å²) in [4.78, 5) is 2.06. The fraction of sp³-hybridized carbons (Fsp3) is 0.462. The molecule has 5 heteroatoms. The van der Waals surface area contributed by atoms with E-state index in [1.807, 2.05) is 30.8 Å². The van der Waals surface area contributed by atoms with E-state index in [0.717, 1.165) is 23.0 Å². The molecule has 18 heavy (non-hydrogen) atoms. The van der Waals surface area contributed by atoms with E-state index in [1.54, 1.807) is 6.26 Å². The summed E-state index contributed by atoms with van der Waals surface area (Å²) in [6, 6.07) is 4.11. The second kappa shape index (κ2) is 4.76. The average Bonchev–Trinajstić information content (AvgIpc) is 2.88. The Labute approximate surface area is 107 Å². The van der Waals surface area contributed by atoms with Crippen LogP contribution in [0.3, 0.4) is 0 Å². The maximum Gasteiger partial charge on any atom is 0.151 e. The van der Waals surface area contributed by atoms with Crippen molar-refractivity contribution in [3.05, 3.63) is 29.9 Å². The van der Waals surface area contributed by atoms with Gasteiger partial charge in [0.15, 0.2) is 5.82 Å². The lowest BCUT2D eigenvalue weighted by Crippen LogP contribution is -2.22. The van der Waals surface area contributed by atoms with Crippen molar-refractivity contribution in [2.24, 2.45) is 0 Å². The highest BCUT2D eigenvalue weighted by molar-refractivity contribution is 5.66. The Kier molecular flexibility index (Phi) is 3.32. The molecule has 2 aromatic rings. The minimum absolute atomic E-state index is 0.273. The molecule has 0 aliphatic rings. The molecule has 0 spiro atoms. The summed E-state index contributed by atoms with van der Waals surface area (Å²) in [5.41, 5.74) is 7.72. The smallest absolute Gasteiger partial charge is 0.151 e. The van der Waals surface area contributed by atoms with Gasteiger partial charge in [-0.2, -0.15) is 5.10 Å². The molecule has 0 aliphatic heterocycles. The Hall–Kier alpha value is -1.91. The number of aryl methyl sites for hydroxylation is 1. The van der Waals surface area contributed by atoms with Crippen LogP contribution in [-0.4, -0.2) is 16.8 Å². The zero-order chi connectivity index (χ0) is 13.3. The first-order chi connectivity index (χ1) is 8.50. The van der Waals surface area contributed by atoms with Gasteiger partial charge >= 0.3 is 0 Å². The normalized spacial score (nSPS) is 11.2. The van der Waals surface area contributed by atoms with Crippen LogP contribution in [0.2, 0.25) is 0 Å². The van der Waals surface area contributed by atoms with E-state index >= 15 is 0 Å². The van der Waals surface area contributed by atoms with Crippen molar-refractivity contribution >= 4 is 11.5 Å². The lowest BCUT2D eigenvalue weighted by molar-refractivity contribution is 0.494. The molecule has 5 nitrogen and oxygen atoms in total. The van der Waals surface area contributed by atoms with Gasteiger partial charge in [-0.25, -0.2) is 4.68 Å². The molecule has 0 aromatic carbocycles. The predicted octanol–water partition coefficient (Wildman–Crippen LogP) is 2.58. The number of rotatable bonds is 4. The summed E-state index contributed by atoms with van der Waals surface area (Å²) in [5, 5.41) is 4.48. The van der Waals surface area contributed by atoms with Gasteiger partial charge in [0.1, 0.15) is 5.76 Å². The average molecular weight is 248 g/mol. The molecule has 2 aromatic heterocycles. The summed E-state index contributed by atoms with van der Waals surface area (Å²) in [6.45, 7) is 6.79. The second-order valence-corrected chi connectivity index (χ2v) is 4.80. The van der Waals surface area contributed by atoms with Crippen LogP contribution < -0.4 is 10.6 Å². The summed E-state index contributed by atoms with van der Waals surface area (Å²) < 4.78 is 7.31. The monoisotopic (exact) mass is 248 g/mol. The number of furan rings is 1. The lowest BCUT2D eigenvalue weighted by atomic mass is 10.3. The van der Waals surface area contributed by atoms with Crippen molar-refractivity contribution in [2.75, 3.05) is 17.7 Å². The molecule has 0 saturated heterocycles. The highest BCUT2D eigenvalue weighted by Gasteiger charge is 2.18. The maximum atomic E-state index is 6.12. The largest absolute Gasteiger partial charge is 0.467 e. The summed E-state index contributed by atoms with van der Waals surface area (Å²) in [6.07, 6.45) is 1.68. The SMILES string of the molecule is Cc1nn(C(C)C)c(N(C)Cc2ccco2)c1N. The van der Waals surface area contributed by atoms with Crippen LogP contribution in [0, 0.1) is 6.92 Å². The zero-order valence-electron chi connectivity index (χ0n) is 11.3. The maximum absolute atomic E-state index is 6.12. The Morgan fingerprint density at radius 3 is 2.78 bits per heavy atom. The van der Waals surface area contributed by atoms with Gasteiger partial charge in [-0.05, 0) is 32.9 Å². The van der Waals surface area contributed by atoms with E-state index in [-0.39, 0.29) is 6.04 Å². The van der Waals surface area contributed by atoms with Crippen molar-refractivity contribution in [2.45, 2.75) is 33.4 Å². The molecular formula is C13H20N4O. The van der Waals surface area contributed by atoms with Gasteiger partial charge in [0.05, 0.1) is 24.2 Å². The van der Waals surface area contributed by atoms with Crippen LogP contribution in [0.4, 0.5) is 11.5 Å². The second-order valence-electron chi connectivity index (χ2n) is 4.80. The molecule has 0 fully saturated rings. The van der Waals surface area contributed by atoms with Crippen LogP contribution in [0.15, 0.2) is 22.8 Å². The Balaban J connectivity index is 2.31. The fourth-order valence-corrected chi connectivity index (χ4v) is 2.00. The summed E-state index contributed by atoms with van der Waals surface area (Å²) >= 11 is 0. The molecule has 2 heterocycles. The molecule has 2 rings (SSSR count). The fourth-order valence-electron chi connectivity index (χ4n) is 2.00. The van der Waals surface area contributed by atoms with Crippen molar-refractivity contribution in [1.29, 1.82) is 0 Å². The van der Waals surface area contributed by atoms with Crippen LogP contribution in [0.25, 0.3) is 0 Å². The number of nitrogen functional groups attached to an aromatic ring is 1. The van der Waals surface area contributed by atoms with Gasteiger partial charge in [-0.1, -0.05) is 0 Å². The van der Waals surface area contributed by atoms with E-state index in [0.29, 0.717) is 6.54 Å². The quantitative estimate of drug-likeness (QED) is 0.903. The molecule has 98 valence electrons. The molecular weight excluding hydrogens is 228 g/mol. The third-order valence-electron chi connectivity index (χ3n) is 2.93. The topological polar surface area (TPSA) is 60.2 Å². The number of nitrogens with zero attached hydrogens (tertiary/aromatic N) is 3. The minimum Gasteiger partial charge on any atom is -0.467 e. The first kappa shape index (κ1) is 12.5. The summed E-state index contributed by atoms with van der Waals surface area (Å²) in [7, 11) is 1.99. The zero-order valence-corrected chi connectivity index (χ0v) is 11.3. The van der Waals surface area contributed by atoms with E-state index in [1.165, 1.54) is 0 Å². The number of nitrogens with two attached hydrogens (primary N) is 1. The van der Waals surface area contributed by atoms with Crippen LogP contribution in [-0.2, 0) is 6.54 Å². The molecule has 0 unspecified atom stereocenters. The molecule has 0 aliphatic carbocycles. The Morgan fingerprint density at radius 1 is 1.50 bits per heavy atom. The van der Waals surface area contributed by atoms with Crippen molar-refractivity contribution in [3.8, 4) is 0 Å². The lowest BCUT2D eigenvalue weighted by Gasteiger charge is -2.21. The molecule has 0 amide bonds. The summed E-state index contributed by atoms with van der Waals surface area (Å²) in [5.74, 6) is 1.85. The van der Waals surface area contributed by atoms with E-state index in [9.17, 15) is 0 Å². The third-order valence-corrected chi connectivity index (χ3v) is 2.93. The van der Waals surface area contributed by atoms with Gasteiger partial charge < -0.3 is 15.1 Å². The first-order valence-corrected chi connectivity index (χ1v) is 6.08. The van der Waals surface area contributed by atoms with Crippen molar-refractivity contribution in [1.82, 2.24) is 9.78 Å². The van der Waals surface area contributed by atoms with E-state index in [2.05, 4.69) is 23.8 Å². The molecule has 0 radical (unpaired) electrons. The van der Waals surface area contributed by atoms with Gasteiger partial charge in [0.2, 0.25) is 0 Å². The van der Waals surface area contributed by atoms with Gasteiger partial charge in [0.25, 0.3) is 0 Å². The molecule has 0 atom stereocenters. The highest BCUT2D eigenvalue weighted by Crippen LogP contribution is 2.29. The number of aromatic nitrogens is 2. The van der Waals surface area contributed by atoms with Gasteiger partial charge in [0, 0.05) is 13.1 Å². The van der Waals surface area contributed by atoms with E-state index in [4.69, 9.17) is 10.2 Å². The number of hydrogen-bond donors (Lipinski definition) is 1. The standard InChI is InChI=1S/C13H20N4O/c1-9(2)17-13(12(14)10(3)15-17)16(4)8-11-6-5-7-18-11/h5-7,9H,8,14H2,1-4H3. The Morgan fingerprint density at radius 2 is 2.22 bits per heavy atom. The first-order valence-electron chi connectivity index (χ1n) is 6.08. The molecule has 0 bridgehead atoms. The van der Waals surface area contributed by atoms with Gasteiger partial charge in [-0.3, -0.25) is 0 Å². The molecule has 0 saturated carbocycles. The minimum atomic E-state index is 0.273. The van der Waals surface area contributed by atoms with Crippen LogP contribution >= 0.6 is 0 Å². The Bertz CT molecular complexity index is 513. The predicted molar refractivity (Wildman–Crippen MR) is 72.6 cm³/mol. The van der Waals surface area contributed by atoms with Gasteiger partial charge in [-0.15, -0.1) is 0 Å². The van der Waals surface area contributed by atoms with Crippen molar-refractivity contribution in [3.63, 3.8) is 0 Å². The number of hydrogen-bond acceptors (Lipinski definition) is 4. The third kappa shape index (κ3) is 2.20. The molecule has 2 N–H and O–H groups in total. The van der Waals surface area contributed by atoms with Crippen molar-refractivity contribution < 1.29 is 4.42 Å². The van der Waals surface area contributed by atoms with Crippen LogP contribution in [0.5, 0.6) is 0 Å². The highest BCUT2D eigenvalue weighted by atomic mass is 16.3.